The van der Waals surface area contributed by atoms with Crippen LogP contribution in [0.15, 0.2) is 54.6 Å². The molecule has 3 N–H and O–H groups in total. The lowest BCUT2D eigenvalue weighted by Gasteiger charge is -2.18. The molecule has 3 aromatic rings. The lowest BCUT2D eigenvalue weighted by molar-refractivity contribution is 0.0698. The van der Waals surface area contributed by atoms with E-state index < -0.39 is 5.97 Å². The predicted octanol–water partition coefficient (Wildman–Crippen LogP) is 5.43. The number of halogens is 1. The van der Waals surface area contributed by atoms with E-state index in [1.54, 1.807) is 24.3 Å². The van der Waals surface area contributed by atoms with Gasteiger partial charge in [-0.2, -0.15) is 0 Å². The number of benzene rings is 3. The van der Waals surface area contributed by atoms with Gasteiger partial charge in [0.05, 0.1) is 28.6 Å². The van der Waals surface area contributed by atoms with Crippen molar-refractivity contribution in [3.63, 3.8) is 0 Å². The summed E-state index contributed by atoms with van der Waals surface area (Å²) in [7, 11) is 1.81. The summed E-state index contributed by atoms with van der Waals surface area (Å²) in [5.41, 5.74) is 5.13. The number of hydrogen-bond acceptors (Lipinski definition) is 4. The molecule has 0 unspecified atom stereocenters. The number of para-hydroxylation sites is 1. The Morgan fingerprint density at radius 1 is 1.07 bits per heavy atom. The molecule has 0 saturated carbocycles. The van der Waals surface area contributed by atoms with E-state index in [1.165, 1.54) is 0 Å². The van der Waals surface area contributed by atoms with E-state index in [9.17, 15) is 9.90 Å². The quantitative estimate of drug-likeness (QED) is 0.538. The van der Waals surface area contributed by atoms with Crippen LogP contribution in [0.1, 0.15) is 15.9 Å². The highest BCUT2D eigenvalue weighted by Crippen LogP contribution is 2.42. The van der Waals surface area contributed by atoms with Crippen LogP contribution in [-0.2, 0) is 6.42 Å². The normalized spacial score (nSPS) is 12.2. The molecule has 0 atom stereocenters. The minimum absolute atomic E-state index is 0.199. The third kappa shape index (κ3) is 3.25. The van der Waals surface area contributed by atoms with Crippen molar-refractivity contribution in [3.8, 4) is 16.9 Å². The van der Waals surface area contributed by atoms with Gasteiger partial charge in [-0.15, -0.1) is 0 Å². The molecule has 0 amide bonds. The summed E-state index contributed by atoms with van der Waals surface area (Å²) >= 11 is 6.72. The van der Waals surface area contributed by atoms with Crippen molar-refractivity contribution >= 4 is 34.6 Å². The van der Waals surface area contributed by atoms with Crippen molar-refractivity contribution in [3.05, 3.63) is 70.7 Å². The zero-order valence-corrected chi connectivity index (χ0v) is 16.0. The van der Waals surface area contributed by atoms with E-state index in [-0.39, 0.29) is 5.56 Å². The zero-order valence-electron chi connectivity index (χ0n) is 15.3. The number of fused-ring (bicyclic) bond motifs is 1. The number of aromatic carboxylic acids is 1. The van der Waals surface area contributed by atoms with E-state index in [2.05, 4.69) is 16.7 Å². The van der Waals surface area contributed by atoms with Gasteiger partial charge in [0.2, 0.25) is 0 Å². The first-order chi connectivity index (χ1) is 13.6. The van der Waals surface area contributed by atoms with E-state index >= 15 is 0 Å². The Morgan fingerprint density at radius 3 is 2.64 bits per heavy atom. The van der Waals surface area contributed by atoms with Crippen molar-refractivity contribution in [2.24, 2.45) is 0 Å². The molecule has 5 nitrogen and oxygen atoms in total. The van der Waals surface area contributed by atoms with E-state index in [0.29, 0.717) is 17.3 Å². The summed E-state index contributed by atoms with van der Waals surface area (Å²) in [6.07, 6.45) is 0.858. The molecular weight excluding hydrogens is 376 g/mol. The van der Waals surface area contributed by atoms with Gasteiger partial charge >= 0.3 is 5.97 Å². The Balaban J connectivity index is 1.85. The molecule has 0 aliphatic carbocycles. The van der Waals surface area contributed by atoms with Crippen molar-refractivity contribution in [1.82, 2.24) is 0 Å². The fourth-order valence-electron chi connectivity index (χ4n) is 3.42. The number of rotatable bonds is 5. The van der Waals surface area contributed by atoms with E-state index in [0.717, 1.165) is 40.2 Å². The summed E-state index contributed by atoms with van der Waals surface area (Å²) in [6.45, 7) is 0.681. The first kappa shape index (κ1) is 18.2. The highest BCUT2D eigenvalue weighted by Gasteiger charge is 2.19. The molecule has 0 fully saturated rings. The van der Waals surface area contributed by atoms with Gasteiger partial charge in [0.15, 0.2) is 0 Å². The van der Waals surface area contributed by atoms with Crippen LogP contribution >= 0.6 is 11.6 Å². The first-order valence-corrected chi connectivity index (χ1v) is 9.32. The van der Waals surface area contributed by atoms with Gasteiger partial charge < -0.3 is 20.5 Å². The molecule has 1 aliphatic heterocycles. The summed E-state index contributed by atoms with van der Waals surface area (Å²) in [5, 5.41) is 16.4. The third-order valence-corrected chi connectivity index (χ3v) is 5.21. The largest absolute Gasteiger partial charge is 0.493 e. The molecule has 0 spiro atoms. The number of nitrogens with one attached hydrogen (secondary N) is 2. The smallest absolute Gasteiger partial charge is 0.337 e. The number of ether oxygens (including phenoxy) is 1. The third-order valence-electron chi connectivity index (χ3n) is 4.82. The number of carbonyl (C=O) groups is 1. The molecule has 6 heteroatoms. The van der Waals surface area contributed by atoms with Gasteiger partial charge in [-0.05, 0) is 47.5 Å². The van der Waals surface area contributed by atoms with Crippen LogP contribution in [0.4, 0.5) is 17.1 Å². The number of hydrogen-bond donors (Lipinski definition) is 3. The van der Waals surface area contributed by atoms with Crippen LogP contribution in [0, 0.1) is 0 Å². The van der Waals surface area contributed by atoms with Crippen LogP contribution in [-0.4, -0.2) is 24.7 Å². The Morgan fingerprint density at radius 2 is 1.86 bits per heavy atom. The van der Waals surface area contributed by atoms with E-state index in [1.807, 2.05) is 31.3 Å². The molecule has 142 valence electrons. The zero-order chi connectivity index (χ0) is 19.7. The standard InChI is InChI=1S/C22H19ClN2O3/c1-24-18-8-7-17(25-16-5-3-2-4-15(16)22(26)27)20(21(18)23)14-6-9-19-13(12-14)10-11-28-19/h2-9,12,24-25H,10-11H2,1H3,(H,26,27). The second-order valence-electron chi connectivity index (χ2n) is 6.50. The average Bonchev–Trinajstić information content (AvgIpc) is 3.16. The molecule has 1 heterocycles. The van der Waals surface area contributed by atoms with Crippen LogP contribution < -0.4 is 15.4 Å². The molecule has 0 radical (unpaired) electrons. The van der Waals surface area contributed by atoms with E-state index in [4.69, 9.17) is 16.3 Å². The molecule has 0 bridgehead atoms. The summed E-state index contributed by atoms with van der Waals surface area (Å²) < 4.78 is 5.61. The molecule has 28 heavy (non-hydrogen) atoms. The minimum atomic E-state index is -0.989. The summed E-state index contributed by atoms with van der Waals surface area (Å²) in [4.78, 5) is 11.6. The maximum absolute atomic E-state index is 11.6. The lowest BCUT2D eigenvalue weighted by Crippen LogP contribution is -2.04. The van der Waals surface area contributed by atoms with Gasteiger partial charge in [0, 0.05) is 24.7 Å². The topological polar surface area (TPSA) is 70.6 Å². The van der Waals surface area contributed by atoms with Crippen molar-refractivity contribution in [1.29, 1.82) is 0 Å². The molecule has 3 aromatic carbocycles. The summed E-state index contributed by atoms with van der Waals surface area (Å²) in [6, 6.07) is 16.6. The Bertz CT molecular complexity index is 1070. The Kier molecular flexibility index (Phi) is 4.84. The van der Waals surface area contributed by atoms with Crippen LogP contribution in [0.25, 0.3) is 11.1 Å². The SMILES string of the molecule is CNc1ccc(Nc2ccccc2C(=O)O)c(-c2ccc3c(c2)CCO3)c1Cl. The molecule has 4 rings (SSSR count). The predicted molar refractivity (Wildman–Crippen MR) is 112 cm³/mol. The van der Waals surface area contributed by atoms with Crippen LogP contribution in [0.2, 0.25) is 5.02 Å². The molecule has 0 aromatic heterocycles. The number of carboxylic acids is 1. The van der Waals surface area contributed by atoms with Gasteiger partial charge in [0.25, 0.3) is 0 Å². The Labute approximate surface area is 167 Å². The lowest BCUT2D eigenvalue weighted by atomic mass is 9.99. The number of carboxylic acid groups (broad SMARTS) is 1. The number of anilines is 3. The fraction of sp³-hybridized carbons (Fsp3) is 0.136. The first-order valence-electron chi connectivity index (χ1n) is 8.94. The maximum atomic E-state index is 11.6. The van der Waals surface area contributed by atoms with Crippen molar-refractivity contribution in [2.75, 3.05) is 24.3 Å². The van der Waals surface area contributed by atoms with Crippen LogP contribution in [0.5, 0.6) is 5.75 Å². The maximum Gasteiger partial charge on any atom is 0.337 e. The van der Waals surface area contributed by atoms with Gasteiger partial charge in [-0.1, -0.05) is 29.8 Å². The molecule has 0 saturated heterocycles. The van der Waals surface area contributed by atoms with Gasteiger partial charge in [-0.25, -0.2) is 4.79 Å². The fourth-order valence-corrected chi connectivity index (χ4v) is 3.79. The van der Waals surface area contributed by atoms with Crippen LogP contribution in [0.3, 0.4) is 0 Å². The second kappa shape index (κ2) is 7.44. The molecule has 1 aliphatic rings. The average molecular weight is 395 g/mol. The van der Waals surface area contributed by atoms with Crippen molar-refractivity contribution < 1.29 is 14.6 Å². The molecular formula is C22H19ClN2O3. The second-order valence-corrected chi connectivity index (χ2v) is 6.87. The summed E-state index contributed by atoms with van der Waals surface area (Å²) in [5.74, 6) is -0.0901. The Hall–Kier alpha value is -3.18. The highest BCUT2D eigenvalue weighted by atomic mass is 35.5. The van der Waals surface area contributed by atoms with Gasteiger partial charge in [-0.3, -0.25) is 0 Å². The van der Waals surface area contributed by atoms with Crippen molar-refractivity contribution in [2.45, 2.75) is 6.42 Å². The van der Waals surface area contributed by atoms with Gasteiger partial charge in [0.1, 0.15) is 5.75 Å². The highest BCUT2D eigenvalue weighted by molar-refractivity contribution is 6.36. The monoisotopic (exact) mass is 394 g/mol. The minimum Gasteiger partial charge on any atom is -0.493 e.